The molecular weight excluding hydrogens is 202 g/mol. The fourth-order valence-electron chi connectivity index (χ4n) is 1.95. The summed E-state index contributed by atoms with van der Waals surface area (Å²) in [4.78, 5) is 0. The predicted molar refractivity (Wildman–Crippen MR) is 64.0 cm³/mol. The van der Waals surface area contributed by atoms with Crippen molar-refractivity contribution in [1.82, 2.24) is 0 Å². The van der Waals surface area contributed by atoms with E-state index in [0.29, 0.717) is 6.54 Å². The normalized spacial score (nSPS) is 18.8. The van der Waals surface area contributed by atoms with Gasteiger partial charge in [0.25, 0.3) is 0 Å². The van der Waals surface area contributed by atoms with Crippen molar-refractivity contribution in [2.75, 3.05) is 6.54 Å². The standard InChI is InChI=1S/C13H19NO2/c1-9(8-14)15-11-6-4-5-10-7-13(2,3)16-12(10)11/h4-6,9H,7-8,14H2,1-3H3. The van der Waals surface area contributed by atoms with Crippen molar-refractivity contribution in [3.05, 3.63) is 23.8 Å². The molecule has 3 heteroatoms. The van der Waals surface area contributed by atoms with Gasteiger partial charge in [0.05, 0.1) is 0 Å². The SMILES string of the molecule is CC(CN)Oc1cccc2c1OC(C)(C)C2. The van der Waals surface area contributed by atoms with Crippen LogP contribution in [-0.4, -0.2) is 18.2 Å². The molecule has 0 bridgehead atoms. The molecule has 1 unspecified atom stereocenters. The van der Waals surface area contributed by atoms with Crippen molar-refractivity contribution in [3.8, 4) is 11.5 Å². The summed E-state index contributed by atoms with van der Waals surface area (Å²) in [5, 5.41) is 0. The van der Waals surface area contributed by atoms with Crippen molar-refractivity contribution >= 4 is 0 Å². The van der Waals surface area contributed by atoms with Crippen LogP contribution in [0.3, 0.4) is 0 Å². The average Bonchev–Trinajstić information content (AvgIpc) is 2.53. The lowest BCUT2D eigenvalue weighted by atomic mass is 10.0. The van der Waals surface area contributed by atoms with E-state index in [-0.39, 0.29) is 11.7 Å². The van der Waals surface area contributed by atoms with Gasteiger partial charge in [-0.1, -0.05) is 12.1 Å². The minimum atomic E-state index is -0.131. The second kappa shape index (κ2) is 3.98. The van der Waals surface area contributed by atoms with Crippen LogP contribution in [0.15, 0.2) is 18.2 Å². The van der Waals surface area contributed by atoms with Gasteiger partial charge in [0, 0.05) is 18.5 Å². The van der Waals surface area contributed by atoms with Gasteiger partial charge in [-0.25, -0.2) is 0 Å². The van der Waals surface area contributed by atoms with Crippen LogP contribution in [0.2, 0.25) is 0 Å². The Balaban J connectivity index is 2.26. The van der Waals surface area contributed by atoms with E-state index in [9.17, 15) is 0 Å². The summed E-state index contributed by atoms with van der Waals surface area (Å²) >= 11 is 0. The van der Waals surface area contributed by atoms with Gasteiger partial charge >= 0.3 is 0 Å². The molecule has 0 aliphatic carbocycles. The van der Waals surface area contributed by atoms with Crippen molar-refractivity contribution in [3.63, 3.8) is 0 Å². The molecule has 0 saturated carbocycles. The first-order chi connectivity index (χ1) is 7.52. The Hall–Kier alpha value is -1.22. The molecule has 3 nitrogen and oxygen atoms in total. The molecule has 1 atom stereocenters. The molecule has 1 aromatic carbocycles. The number of para-hydroxylation sites is 1. The van der Waals surface area contributed by atoms with Crippen LogP contribution < -0.4 is 15.2 Å². The lowest BCUT2D eigenvalue weighted by Gasteiger charge is -2.19. The molecule has 1 heterocycles. The van der Waals surface area contributed by atoms with Crippen LogP contribution in [-0.2, 0) is 6.42 Å². The van der Waals surface area contributed by atoms with E-state index in [1.165, 1.54) is 5.56 Å². The van der Waals surface area contributed by atoms with Crippen LogP contribution in [0.4, 0.5) is 0 Å². The number of ether oxygens (including phenoxy) is 2. The summed E-state index contributed by atoms with van der Waals surface area (Å²) in [6.45, 7) is 6.64. The molecule has 0 fully saturated rings. The van der Waals surface area contributed by atoms with Crippen molar-refractivity contribution < 1.29 is 9.47 Å². The minimum Gasteiger partial charge on any atom is -0.486 e. The summed E-state index contributed by atoms with van der Waals surface area (Å²) in [6, 6.07) is 6.03. The van der Waals surface area contributed by atoms with Gasteiger partial charge in [-0.15, -0.1) is 0 Å². The highest BCUT2D eigenvalue weighted by Gasteiger charge is 2.32. The summed E-state index contributed by atoms with van der Waals surface area (Å²) < 4.78 is 11.7. The third-order valence-electron chi connectivity index (χ3n) is 2.72. The Morgan fingerprint density at radius 3 is 2.94 bits per heavy atom. The highest BCUT2D eigenvalue weighted by molar-refractivity contribution is 5.50. The van der Waals surface area contributed by atoms with E-state index in [4.69, 9.17) is 15.2 Å². The summed E-state index contributed by atoms with van der Waals surface area (Å²) in [7, 11) is 0. The number of nitrogens with two attached hydrogens (primary N) is 1. The van der Waals surface area contributed by atoms with Crippen LogP contribution in [0, 0.1) is 0 Å². The van der Waals surface area contributed by atoms with Gasteiger partial charge in [0.2, 0.25) is 0 Å². The van der Waals surface area contributed by atoms with Crippen LogP contribution >= 0.6 is 0 Å². The lowest BCUT2D eigenvalue weighted by molar-refractivity contribution is 0.127. The second-order valence-electron chi connectivity index (χ2n) is 4.95. The quantitative estimate of drug-likeness (QED) is 0.850. The summed E-state index contributed by atoms with van der Waals surface area (Å²) in [5.41, 5.74) is 6.64. The van der Waals surface area contributed by atoms with E-state index in [2.05, 4.69) is 19.9 Å². The van der Waals surface area contributed by atoms with Crippen LogP contribution in [0.1, 0.15) is 26.3 Å². The molecule has 0 saturated heterocycles. The van der Waals surface area contributed by atoms with Gasteiger partial charge in [-0.2, -0.15) is 0 Å². The number of fused-ring (bicyclic) bond motifs is 1. The van der Waals surface area contributed by atoms with E-state index < -0.39 is 0 Å². The van der Waals surface area contributed by atoms with Crippen LogP contribution in [0.5, 0.6) is 11.5 Å². The second-order valence-corrected chi connectivity index (χ2v) is 4.95. The van der Waals surface area contributed by atoms with E-state index in [1.54, 1.807) is 0 Å². The molecule has 0 aromatic heterocycles. The molecule has 0 radical (unpaired) electrons. The van der Waals surface area contributed by atoms with Crippen LogP contribution in [0.25, 0.3) is 0 Å². The number of rotatable bonds is 3. The van der Waals surface area contributed by atoms with Crippen molar-refractivity contribution in [1.29, 1.82) is 0 Å². The lowest BCUT2D eigenvalue weighted by Crippen LogP contribution is -2.25. The molecule has 1 aliphatic heterocycles. The molecule has 2 rings (SSSR count). The zero-order valence-electron chi connectivity index (χ0n) is 10.1. The largest absolute Gasteiger partial charge is 0.486 e. The monoisotopic (exact) mass is 221 g/mol. The van der Waals surface area contributed by atoms with Crippen molar-refractivity contribution in [2.45, 2.75) is 38.9 Å². The third kappa shape index (κ3) is 2.14. The smallest absolute Gasteiger partial charge is 0.165 e. The fraction of sp³-hybridized carbons (Fsp3) is 0.538. The average molecular weight is 221 g/mol. The van der Waals surface area contributed by atoms with E-state index in [0.717, 1.165) is 17.9 Å². The summed E-state index contributed by atoms with van der Waals surface area (Å²) in [5.74, 6) is 1.69. The van der Waals surface area contributed by atoms with E-state index >= 15 is 0 Å². The Bertz CT molecular complexity index is 388. The Labute approximate surface area is 96.5 Å². The zero-order valence-corrected chi connectivity index (χ0v) is 10.1. The number of benzene rings is 1. The molecule has 16 heavy (non-hydrogen) atoms. The number of hydrogen-bond acceptors (Lipinski definition) is 3. The Morgan fingerprint density at radius 2 is 2.25 bits per heavy atom. The predicted octanol–water partition coefficient (Wildman–Crippen LogP) is 2.13. The maximum absolute atomic E-state index is 5.90. The molecular formula is C13H19NO2. The van der Waals surface area contributed by atoms with Gasteiger partial charge < -0.3 is 15.2 Å². The molecule has 0 amide bonds. The van der Waals surface area contributed by atoms with Crippen molar-refractivity contribution in [2.24, 2.45) is 5.73 Å². The molecule has 1 aromatic rings. The Kier molecular flexibility index (Phi) is 2.80. The molecule has 2 N–H and O–H groups in total. The first-order valence-corrected chi connectivity index (χ1v) is 5.69. The minimum absolute atomic E-state index is 0.0128. The zero-order chi connectivity index (χ0) is 11.8. The van der Waals surface area contributed by atoms with E-state index in [1.807, 2.05) is 19.1 Å². The summed E-state index contributed by atoms with van der Waals surface area (Å²) in [6.07, 6.45) is 0.940. The molecule has 88 valence electrons. The van der Waals surface area contributed by atoms with Gasteiger partial charge in [0.15, 0.2) is 11.5 Å². The number of hydrogen-bond donors (Lipinski definition) is 1. The Morgan fingerprint density at radius 1 is 1.50 bits per heavy atom. The fourth-order valence-corrected chi connectivity index (χ4v) is 1.95. The van der Waals surface area contributed by atoms with Gasteiger partial charge in [-0.3, -0.25) is 0 Å². The topological polar surface area (TPSA) is 44.5 Å². The van der Waals surface area contributed by atoms with Gasteiger partial charge in [0.1, 0.15) is 11.7 Å². The highest BCUT2D eigenvalue weighted by Crippen LogP contribution is 2.41. The first kappa shape index (κ1) is 11.3. The maximum Gasteiger partial charge on any atom is 0.165 e. The molecule has 1 aliphatic rings. The molecule has 0 spiro atoms. The third-order valence-corrected chi connectivity index (χ3v) is 2.72. The first-order valence-electron chi connectivity index (χ1n) is 5.69. The maximum atomic E-state index is 5.90. The highest BCUT2D eigenvalue weighted by atomic mass is 16.5. The van der Waals surface area contributed by atoms with Gasteiger partial charge in [-0.05, 0) is 26.8 Å².